The van der Waals surface area contributed by atoms with Gasteiger partial charge in [0.1, 0.15) is 11.7 Å². The van der Waals surface area contributed by atoms with Crippen molar-refractivity contribution >= 4 is 66.6 Å². The van der Waals surface area contributed by atoms with E-state index in [1.807, 2.05) is 11.3 Å². The Kier molecular flexibility index (Phi) is 5.73. The van der Waals surface area contributed by atoms with E-state index in [1.165, 1.54) is 47.5 Å². The summed E-state index contributed by atoms with van der Waals surface area (Å²) in [6.07, 6.45) is 8.70. The van der Waals surface area contributed by atoms with E-state index in [2.05, 4.69) is 127 Å². The molecular formula is C28H25N2S2+. The van der Waals surface area contributed by atoms with Crippen LogP contribution in [0, 0.1) is 0 Å². The average Bonchev–Trinajstić information content (AvgIpc) is 3.17. The van der Waals surface area contributed by atoms with Gasteiger partial charge in [-0.1, -0.05) is 72.0 Å². The van der Waals surface area contributed by atoms with Gasteiger partial charge in [0.15, 0.2) is 0 Å². The highest BCUT2D eigenvalue weighted by atomic mass is 32.2. The van der Waals surface area contributed by atoms with E-state index in [9.17, 15) is 0 Å². The largest absolute Gasteiger partial charge is 0.339 e. The van der Waals surface area contributed by atoms with Crippen molar-refractivity contribution in [2.45, 2.75) is 0 Å². The van der Waals surface area contributed by atoms with Crippen LogP contribution in [0.1, 0.15) is 5.01 Å². The lowest BCUT2D eigenvalue weighted by atomic mass is 10.1. The van der Waals surface area contributed by atoms with E-state index in [1.54, 1.807) is 11.8 Å². The first kappa shape index (κ1) is 20.8. The minimum absolute atomic E-state index is 1.19. The zero-order chi connectivity index (χ0) is 22.1. The van der Waals surface area contributed by atoms with Crippen LogP contribution in [0.3, 0.4) is 0 Å². The number of aryl methyl sites for hydroxylation is 1. The van der Waals surface area contributed by atoms with Gasteiger partial charge in [-0.2, -0.15) is 4.57 Å². The fraction of sp³-hybridized carbons (Fsp3) is 0.107. The third-order valence-electron chi connectivity index (χ3n) is 5.90. The zero-order valence-corrected chi connectivity index (χ0v) is 20.1. The van der Waals surface area contributed by atoms with Crippen molar-refractivity contribution < 1.29 is 4.57 Å². The lowest BCUT2D eigenvalue weighted by molar-refractivity contribution is -0.642. The third kappa shape index (κ3) is 3.81. The van der Waals surface area contributed by atoms with Crippen LogP contribution in [0.15, 0.2) is 96.0 Å². The zero-order valence-electron chi connectivity index (χ0n) is 18.4. The van der Waals surface area contributed by atoms with E-state index >= 15 is 0 Å². The molecule has 0 spiro atoms. The minimum Gasteiger partial charge on any atom is -0.339 e. The molecule has 0 amide bonds. The Morgan fingerprint density at radius 3 is 2.44 bits per heavy atom. The smallest absolute Gasteiger partial charge is 0.262 e. The van der Waals surface area contributed by atoms with E-state index in [0.717, 1.165) is 0 Å². The maximum Gasteiger partial charge on any atom is 0.262 e. The number of fused-ring (bicyclic) bond motifs is 4. The molecule has 0 unspecified atom stereocenters. The number of aromatic nitrogens is 1. The Balaban J connectivity index is 1.46. The second-order valence-corrected chi connectivity index (χ2v) is 9.65. The summed E-state index contributed by atoms with van der Waals surface area (Å²) in [7, 11) is 4.28. The summed E-state index contributed by atoms with van der Waals surface area (Å²) >= 11 is 3.60. The molecule has 0 aliphatic heterocycles. The van der Waals surface area contributed by atoms with E-state index < -0.39 is 0 Å². The summed E-state index contributed by atoms with van der Waals surface area (Å²) < 4.78 is 3.62. The van der Waals surface area contributed by atoms with Crippen molar-refractivity contribution in [1.82, 2.24) is 0 Å². The van der Waals surface area contributed by atoms with Gasteiger partial charge < -0.3 is 4.90 Å². The fourth-order valence-corrected chi connectivity index (χ4v) is 5.87. The van der Waals surface area contributed by atoms with Crippen LogP contribution in [0.5, 0.6) is 0 Å². The third-order valence-corrected chi connectivity index (χ3v) is 7.98. The fourth-order valence-electron chi connectivity index (χ4n) is 4.08. The highest BCUT2D eigenvalue weighted by molar-refractivity contribution is 8.02. The average molecular weight is 454 g/mol. The monoisotopic (exact) mass is 453 g/mol. The second-order valence-electron chi connectivity index (χ2n) is 7.79. The first-order chi connectivity index (χ1) is 15.7. The molecular weight excluding hydrogens is 428 g/mol. The molecule has 0 atom stereocenters. The summed E-state index contributed by atoms with van der Waals surface area (Å²) in [4.78, 5) is 2.25. The lowest BCUT2D eigenvalue weighted by Gasteiger charge is -2.21. The normalized spacial score (nSPS) is 12.4. The van der Waals surface area contributed by atoms with Crippen LogP contribution in [0.4, 0.5) is 5.69 Å². The van der Waals surface area contributed by atoms with Crippen molar-refractivity contribution in [3.05, 3.63) is 101 Å². The van der Waals surface area contributed by atoms with Gasteiger partial charge in [-0.3, -0.25) is 0 Å². The maximum absolute atomic E-state index is 2.28. The molecule has 32 heavy (non-hydrogen) atoms. The second kappa shape index (κ2) is 8.81. The van der Waals surface area contributed by atoms with Gasteiger partial charge in [0.05, 0.1) is 5.03 Å². The molecule has 0 aliphatic rings. The molecule has 0 saturated carbocycles. The molecule has 0 N–H and O–H groups in total. The van der Waals surface area contributed by atoms with E-state index in [4.69, 9.17) is 0 Å². The summed E-state index contributed by atoms with van der Waals surface area (Å²) in [5.41, 5.74) is 2.47. The number of benzene rings is 4. The molecule has 0 saturated heterocycles. The number of thiazole rings is 1. The van der Waals surface area contributed by atoms with Gasteiger partial charge in [0, 0.05) is 30.3 Å². The first-order valence-electron chi connectivity index (χ1n) is 10.6. The molecule has 0 radical (unpaired) electrons. The van der Waals surface area contributed by atoms with Gasteiger partial charge in [0.25, 0.3) is 5.01 Å². The summed E-state index contributed by atoms with van der Waals surface area (Å²) in [5, 5.41) is 7.58. The Morgan fingerprint density at radius 2 is 1.62 bits per heavy atom. The Labute approximate surface area is 197 Å². The van der Waals surface area contributed by atoms with Crippen molar-refractivity contribution in [3.8, 4) is 0 Å². The Bertz CT molecular complexity index is 1490. The highest BCUT2D eigenvalue weighted by Gasteiger charge is 2.16. The number of hydrogen-bond acceptors (Lipinski definition) is 3. The molecule has 1 aromatic heterocycles. The topological polar surface area (TPSA) is 7.12 Å². The molecule has 0 fully saturated rings. The number of thioether (sulfide) groups is 1. The van der Waals surface area contributed by atoms with Crippen molar-refractivity contribution in [2.75, 3.05) is 18.2 Å². The van der Waals surface area contributed by atoms with Gasteiger partial charge in [0.2, 0.25) is 5.52 Å². The SMILES string of the molecule is CS/C(=C\C=C\c1sc2c3ccccc3ccc2[n+]1C)N(C)c1ccc2ccccc2c1. The molecule has 4 aromatic carbocycles. The van der Waals surface area contributed by atoms with Crippen LogP contribution < -0.4 is 9.47 Å². The molecule has 4 heteroatoms. The summed E-state index contributed by atoms with van der Waals surface area (Å²) in [5.74, 6) is 0. The number of rotatable bonds is 5. The molecule has 0 bridgehead atoms. The number of anilines is 1. The molecule has 1 heterocycles. The summed E-state index contributed by atoms with van der Waals surface area (Å²) in [6, 6.07) is 28.2. The van der Waals surface area contributed by atoms with Crippen LogP contribution >= 0.6 is 23.1 Å². The maximum atomic E-state index is 2.28. The van der Waals surface area contributed by atoms with E-state index in [0.29, 0.717) is 0 Å². The van der Waals surface area contributed by atoms with E-state index in [-0.39, 0.29) is 0 Å². The van der Waals surface area contributed by atoms with Gasteiger partial charge in [-0.25, -0.2) is 0 Å². The molecule has 2 nitrogen and oxygen atoms in total. The standard InChI is InChI=1S/C28H25N2S2/c1-29(23-17-15-20-9-4-5-11-22(20)19-23)26(31-3)13-8-14-27-30(2)25-18-16-21-10-6-7-12-24(21)28(25)32-27/h4-19H,1-3H3/q+1. The quantitative estimate of drug-likeness (QED) is 0.202. The molecule has 5 aromatic rings. The number of nitrogens with zero attached hydrogens (tertiary/aromatic N) is 2. The lowest BCUT2D eigenvalue weighted by Crippen LogP contribution is -2.28. The van der Waals surface area contributed by atoms with Crippen LogP contribution in [0.2, 0.25) is 0 Å². The van der Waals surface area contributed by atoms with Crippen LogP contribution in [-0.4, -0.2) is 13.3 Å². The van der Waals surface area contributed by atoms with Crippen molar-refractivity contribution in [1.29, 1.82) is 0 Å². The predicted octanol–water partition coefficient (Wildman–Crippen LogP) is 7.39. The van der Waals surface area contributed by atoms with Crippen LogP contribution in [-0.2, 0) is 7.05 Å². The predicted molar refractivity (Wildman–Crippen MR) is 143 cm³/mol. The van der Waals surface area contributed by atoms with Gasteiger partial charge in [-0.15, -0.1) is 11.8 Å². The number of allylic oxidation sites excluding steroid dienone is 2. The van der Waals surface area contributed by atoms with Crippen molar-refractivity contribution in [2.24, 2.45) is 7.05 Å². The Hall–Kier alpha value is -3.08. The van der Waals surface area contributed by atoms with Crippen LogP contribution in [0.25, 0.3) is 37.8 Å². The van der Waals surface area contributed by atoms with Gasteiger partial charge in [-0.05, 0) is 46.7 Å². The molecule has 158 valence electrons. The van der Waals surface area contributed by atoms with Crippen molar-refractivity contribution in [3.63, 3.8) is 0 Å². The first-order valence-corrected chi connectivity index (χ1v) is 12.6. The minimum atomic E-state index is 1.19. The van der Waals surface area contributed by atoms with Gasteiger partial charge >= 0.3 is 0 Å². The molecule has 5 rings (SSSR count). The molecule has 0 aliphatic carbocycles. The Morgan fingerprint density at radius 1 is 0.906 bits per heavy atom. The number of hydrogen-bond donors (Lipinski definition) is 0. The summed E-state index contributed by atoms with van der Waals surface area (Å²) in [6.45, 7) is 0. The highest BCUT2D eigenvalue weighted by Crippen LogP contribution is 2.30.